The smallest absolute Gasteiger partial charge is 0.257 e. The number of carbonyl (C=O) groups excluding carboxylic acids is 2. The third kappa shape index (κ3) is 5.48. The van der Waals surface area contributed by atoms with E-state index < -0.39 is 11.6 Å². The Morgan fingerprint density at radius 1 is 1.00 bits per heavy atom. The van der Waals surface area contributed by atoms with Crippen molar-refractivity contribution in [3.63, 3.8) is 0 Å². The van der Waals surface area contributed by atoms with Crippen molar-refractivity contribution in [2.75, 3.05) is 11.1 Å². The van der Waals surface area contributed by atoms with Crippen LogP contribution < -0.4 is 5.32 Å². The summed E-state index contributed by atoms with van der Waals surface area (Å²) in [5, 5.41) is 10.8. The number of amides is 1. The van der Waals surface area contributed by atoms with E-state index in [-0.39, 0.29) is 28.4 Å². The highest BCUT2D eigenvalue weighted by Gasteiger charge is 2.16. The van der Waals surface area contributed by atoms with Crippen LogP contribution in [-0.4, -0.2) is 27.6 Å². The van der Waals surface area contributed by atoms with Crippen LogP contribution in [0.15, 0.2) is 46.8 Å². The molecule has 0 spiro atoms. The van der Waals surface area contributed by atoms with Crippen molar-refractivity contribution in [1.82, 2.24) is 10.2 Å². The molecule has 5 nitrogen and oxygen atoms in total. The molecular weight excluding hydrogens is 428 g/mol. The Morgan fingerprint density at radius 3 is 2.30 bits per heavy atom. The summed E-state index contributed by atoms with van der Waals surface area (Å²) in [7, 11) is 0. The predicted molar refractivity (Wildman–Crippen MR) is 114 cm³/mol. The van der Waals surface area contributed by atoms with Gasteiger partial charge in [-0.2, -0.15) is 0 Å². The van der Waals surface area contributed by atoms with E-state index in [1.165, 1.54) is 6.07 Å². The van der Waals surface area contributed by atoms with Crippen molar-refractivity contribution in [2.24, 2.45) is 0 Å². The Morgan fingerprint density at radius 2 is 1.67 bits per heavy atom. The Bertz CT molecular complexity index is 1080. The Kier molecular flexibility index (Phi) is 6.62. The molecular formula is C21H19F2N3O2S2. The lowest BCUT2D eigenvalue weighted by Gasteiger charge is -2.18. The molecule has 9 heteroatoms. The molecule has 0 radical (unpaired) electrons. The quantitative estimate of drug-likeness (QED) is 0.314. The minimum Gasteiger partial charge on any atom is -0.296 e. The van der Waals surface area contributed by atoms with E-state index in [4.69, 9.17) is 0 Å². The molecule has 3 rings (SSSR count). The van der Waals surface area contributed by atoms with Crippen LogP contribution in [0.3, 0.4) is 0 Å². The second-order valence-corrected chi connectivity index (χ2v) is 9.70. The molecule has 0 saturated heterocycles. The fourth-order valence-electron chi connectivity index (χ4n) is 2.49. The molecule has 0 aliphatic heterocycles. The lowest BCUT2D eigenvalue weighted by atomic mass is 9.87. The molecule has 0 aliphatic carbocycles. The summed E-state index contributed by atoms with van der Waals surface area (Å²) in [6.07, 6.45) is 0. The molecule has 2 aromatic carbocycles. The van der Waals surface area contributed by atoms with Crippen LogP contribution in [0.5, 0.6) is 0 Å². The van der Waals surface area contributed by atoms with E-state index in [1.54, 1.807) is 12.1 Å². The van der Waals surface area contributed by atoms with Gasteiger partial charge in [0.2, 0.25) is 5.13 Å². The molecule has 0 fully saturated rings. The summed E-state index contributed by atoms with van der Waals surface area (Å²) in [6.45, 7) is 6.29. The molecule has 0 atom stereocenters. The summed E-state index contributed by atoms with van der Waals surface area (Å²) in [6, 6.07) is 10.4. The molecule has 1 amide bonds. The number of anilines is 1. The molecule has 3 aromatic rings. The fourth-order valence-corrected chi connectivity index (χ4v) is 4.13. The number of hydrogen-bond acceptors (Lipinski definition) is 6. The first-order valence-electron chi connectivity index (χ1n) is 9.00. The first-order valence-corrected chi connectivity index (χ1v) is 10.8. The van der Waals surface area contributed by atoms with Gasteiger partial charge >= 0.3 is 0 Å². The zero-order valence-electron chi connectivity index (χ0n) is 16.5. The van der Waals surface area contributed by atoms with Crippen LogP contribution in [0.4, 0.5) is 13.9 Å². The summed E-state index contributed by atoms with van der Waals surface area (Å²) >= 11 is 2.24. The van der Waals surface area contributed by atoms with Gasteiger partial charge in [-0.05, 0) is 41.3 Å². The van der Waals surface area contributed by atoms with Gasteiger partial charge in [-0.15, -0.1) is 10.2 Å². The molecule has 1 N–H and O–H groups in total. The van der Waals surface area contributed by atoms with Gasteiger partial charge in [0.25, 0.3) is 5.91 Å². The first kappa shape index (κ1) is 22.0. The highest BCUT2D eigenvalue weighted by atomic mass is 32.2. The van der Waals surface area contributed by atoms with Crippen molar-refractivity contribution in [2.45, 2.75) is 30.5 Å². The van der Waals surface area contributed by atoms with E-state index in [1.807, 2.05) is 12.1 Å². The van der Waals surface area contributed by atoms with Gasteiger partial charge < -0.3 is 0 Å². The predicted octanol–water partition coefficient (Wildman–Crippen LogP) is 5.34. The van der Waals surface area contributed by atoms with E-state index in [9.17, 15) is 18.4 Å². The number of nitrogens with zero attached hydrogens (tertiary/aromatic N) is 2. The molecule has 0 unspecified atom stereocenters. The van der Waals surface area contributed by atoms with Crippen LogP contribution in [0.25, 0.3) is 0 Å². The normalized spacial score (nSPS) is 11.4. The molecule has 0 bridgehead atoms. The minimum atomic E-state index is -1.07. The van der Waals surface area contributed by atoms with Crippen LogP contribution in [-0.2, 0) is 5.41 Å². The lowest BCUT2D eigenvalue weighted by molar-refractivity contribution is 0.101. The van der Waals surface area contributed by atoms with E-state index in [0.717, 1.165) is 40.8 Å². The maximum absolute atomic E-state index is 13.3. The van der Waals surface area contributed by atoms with E-state index >= 15 is 0 Å². The monoisotopic (exact) mass is 447 g/mol. The largest absolute Gasteiger partial charge is 0.296 e. The number of rotatable bonds is 6. The Labute approximate surface area is 180 Å². The number of thioether (sulfide) groups is 1. The minimum absolute atomic E-state index is 0.00251. The number of nitrogens with one attached hydrogen (secondary N) is 1. The molecule has 1 heterocycles. The SMILES string of the molecule is CC(C)(C)c1ccc(C(=O)Nc2nnc(SCC(=O)c3ccc(F)c(F)c3)s2)cc1. The number of benzene rings is 2. The average Bonchev–Trinajstić information content (AvgIpc) is 3.15. The summed E-state index contributed by atoms with van der Waals surface area (Å²) in [5.41, 5.74) is 1.70. The molecule has 0 aliphatic rings. The van der Waals surface area contributed by atoms with Gasteiger partial charge in [0.15, 0.2) is 21.8 Å². The van der Waals surface area contributed by atoms with Crippen molar-refractivity contribution < 1.29 is 18.4 Å². The molecule has 1 aromatic heterocycles. The Balaban J connectivity index is 1.57. The van der Waals surface area contributed by atoms with Gasteiger partial charge in [-0.25, -0.2) is 8.78 Å². The van der Waals surface area contributed by atoms with Gasteiger partial charge in [-0.3, -0.25) is 14.9 Å². The van der Waals surface area contributed by atoms with Crippen LogP contribution >= 0.6 is 23.1 Å². The van der Waals surface area contributed by atoms with Gasteiger partial charge in [-0.1, -0.05) is 56.0 Å². The third-order valence-corrected chi connectivity index (χ3v) is 6.18. The Hall–Kier alpha value is -2.65. The third-order valence-electron chi connectivity index (χ3n) is 4.21. The number of Topliss-reactive ketones (excluding diaryl/α,β-unsaturated/α-hetero) is 1. The van der Waals surface area contributed by atoms with Crippen molar-refractivity contribution in [3.8, 4) is 0 Å². The first-order chi connectivity index (χ1) is 14.1. The van der Waals surface area contributed by atoms with Crippen LogP contribution in [0, 0.1) is 11.6 Å². The van der Waals surface area contributed by atoms with Crippen molar-refractivity contribution in [3.05, 3.63) is 70.8 Å². The number of halogens is 2. The van der Waals surface area contributed by atoms with Crippen molar-refractivity contribution in [1.29, 1.82) is 0 Å². The number of hydrogen-bond donors (Lipinski definition) is 1. The number of aromatic nitrogens is 2. The highest BCUT2D eigenvalue weighted by Crippen LogP contribution is 2.27. The number of ketones is 1. The summed E-state index contributed by atoms with van der Waals surface area (Å²) in [4.78, 5) is 24.5. The topological polar surface area (TPSA) is 72.0 Å². The molecule has 30 heavy (non-hydrogen) atoms. The zero-order chi connectivity index (χ0) is 21.9. The second kappa shape index (κ2) is 9.01. The van der Waals surface area contributed by atoms with E-state index in [0.29, 0.717) is 15.0 Å². The van der Waals surface area contributed by atoms with Crippen LogP contribution in [0.1, 0.15) is 47.1 Å². The number of carbonyl (C=O) groups is 2. The zero-order valence-corrected chi connectivity index (χ0v) is 18.2. The molecule has 156 valence electrons. The van der Waals surface area contributed by atoms with Gasteiger partial charge in [0, 0.05) is 11.1 Å². The fraction of sp³-hybridized carbons (Fsp3) is 0.238. The maximum Gasteiger partial charge on any atom is 0.257 e. The average molecular weight is 448 g/mol. The lowest BCUT2D eigenvalue weighted by Crippen LogP contribution is -2.14. The standard InChI is InChI=1S/C21H19F2N3O2S2/c1-21(2,3)14-7-4-12(5-8-14)18(28)24-19-25-26-20(30-19)29-11-17(27)13-6-9-15(22)16(23)10-13/h4-10H,11H2,1-3H3,(H,24,25,28). The van der Waals surface area contributed by atoms with Gasteiger partial charge in [0.1, 0.15) is 0 Å². The highest BCUT2D eigenvalue weighted by molar-refractivity contribution is 8.01. The van der Waals surface area contributed by atoms with E-state index in [2.05, 4.69) is 36.3 Å². The van der Waals surface area contributed by atoms with Gasteiger partial charge in [0.05, 0.1) is 5.75 Å². The second-order valence-electron chi connectivity index (χ2n) is 7.50. The van der Waals surface area contributed by atoms with Crippen molar-refractivity contribution >= 4 is 39.9 Å². The maximum atomic E-state index is 13.3. The van der Waals surface area contributed by atoms with Crippen LogP contribution in [0.2, 0.25) is 0 Å². The summed E-state index contributed by atoms with van der Waals surface area (Å²) in [5.74, 6) is -2.75. The molecule has 0 saturated carbocycles. The summed E-state index contributed by atoms with van der Waals surface area (Å²) < 4.78 is 26.7.